The van der Waals surface area contributed by atoms with Gasteiger partial charge in [-0.1, -0.05) is 0 Å². The number of hydrogen-bond donors (Lipinski definition) is 1. The number of nitrogens with one attached hydrogen (secondary N) is 1. The summed E-state index contributed by atoms with van der Waals surface area (Å²) in [4.78, 5) is 43.9. The van der Waals surface area contributed by atoms with E-state index in [0.717, 1.165) is 5.52 Å². The molecule has 4 rings (SSSR count). The van der Waals surface area contributed by atoms with Gasteiger partial charge in [-0.2, -0.15) is 0 Å². The van der Waals surface area contributed by atoms with Crippen LogP contribution in [0, 0.1) is 0 Å². The van der Waals surface area contributed by atoms with Crippen molar-refractivity contribution in [2.24, 2.45) is 0 Å². The second-order valence-corrected chi connectivity index (χ2v) is 8.56. The molecule has 3 heterocycles. The average Bonchev–Trinajstić information content (AvgIpc) is 3.04. The molecule has 30 heavy (non-hydrogen) atoms. The maximum absolute atomic E-state index is 13.1. The minimum atomic E-state index is -0.550. The van der Waals surface area contributed by atoms with Crippen molar-refractivity contribution < 1.29 is 14.3 Å². The highest BCUT2D eigenvalue weighted by Crippen LogP contribution is 2.18. The lowest BCUT2D eigenvalue weighted by molar-refractivity contribution is 0.0255. The maximum atomic E-state index is 13.1. The van der Waals surface area contributed by atoms with Gasteiger partial charge in [0, 0.05) is 37.9 Å². The molecule has 8 nitrogen and oxygen atoms in total. The van der Waals surface area contributed by atoms with Gasteiger partial charge < -0.3 is 23.9 Å². The Morgan fingerprint density at radius 1 is 1.00 bits per heavy atom. The highest BCUT2D eigenvalue weighted by Gasteiger charge is 2.26. The predicted molar refractivity (Wildman–Crippen MR) is 114 cm³/mol. The van der Waals surface area contributed by atoms with Gasteiger partial charge in [0.15, 0.2) is 0 Å². The van der Waals surface area contributed by atoms with E-state index in [2.05, 4.69) is 4.98 Å². The third-order valence-corrected chi connectivity index (χ3v) is 5.17. The van der Waals surface area contributed by atoms with Gasteiger partial charge in [-0.05, 0) is 57.5 Å². The molecule has 0 bridgehead atoms. The summed E-state index contributed by atoms with van der Waals surface area (Å²) >= 11 is 0. The smallest absolute Gasteiger partial charge is 0.410 e. The molecule has 2 aromatic heterocycles. The zero-order valence-corrected chi connectivity index (χ0v) is 17.5. The van der Waals surface area contributed by atoms with Crippen molar-refractivity contribution in [3.63, 3.8) is 0 Å². The van der Waals surface area contributed by atoms with E-state index in [1.165, 1.54) is 0 Å². The van der Waals surface area contributed by atoms with Crippen molar-refractivity contribution in [1.29, 1.82) is 0 Å². The molecule has 1 saturated heterocycles. The second-order valence-electron chi connectivity index (χ2n) is 8.56. The Morgan fingerprint density at radius 3 is 2.50 bits per heavy atom. The molecule has 1 aliphatic heterocycles. The number of fused-ring (bicyclic) bond motifs is 3. The van der Waals surface area contributed by atoms with Gasteiger partial charge in [0.2, 0.25) is 0 Å². The molecule has 1 fully saturated rings. The lowest BCUT2D eigenvalue weighted by Gasteiger charge is -2.26. The molecule has 8 heteroatoms. The third kappa shape index (κ3) is 3.90. The molecule has 0 unspecified atom stereocenters. The number of hydrogen-bond acceptors (Lipinski definition) is 4. The van der Waals surface area contributed by atoms with Gasteiger partial charge >= 0.3 is 6.09 Å². The van der Waals surface area contributed by atoms with Crippen molar-refractivity contribution in [3.8, 4) is 0 Å². The van der Waals surface area contributed by atoms with E-state index < -0.39 is 5.60 Å². The summed E-state index contributed by atoms with van der Waals surface area (Å²) in [5.41, 5.74) is 1.77. The molecule has 0 radical (unpaired) electrons. The van der Waals surface area contributed by atoms with Crippen molar-refractivity contribution in [3.05, 3.63) is 52.4 Å². The quantitative estimate of drug-likeness (QED) is 0.668. The lowest BCUT2D eigenvalue weighted by atomic mass is 10.1. The zero-order valence-electron chi connectivity index (χ0n) is 17.5. The monoisotopic (exact) mass is 410 g/mol. The van der Waals surface area contributed by atoms with E-state index in [1.54, 1.807) is 28.0 Å². The van der Waals surface area contributed by atoms with Crippen LogP contribution in [0.4, 0.5) is 4.79 Å². The largest absolute Gasteiger partial charge is 0.444 e. The molecule has 0 saturated carbocycles. The van der Waals surface area contributed by atoms with Crippen molar-refractivity contribution >= 4 is 28.6 Å². The van der Waals surface area contributed by atoms with Crippen LogP contribution >= 0.6 is 0 Å². The highest BCUT2D eigenvalue weighted by atomic mass is 16.6. The Balaban J connectivity index is 1.53. The number of carbonyl (C=O) groups excluding carboxylic acids is 2. The van der Waals surface area contributed by atoms with Crippen LogP contribution in [0.5, 0.6) is 0 Å². The Labute approximate surface area is 174 Å². The number of ether oxygens (including phenoxy) is 1. The van der Waals surface area contributed by atoms with Crippen molar-refractivity contribution in [2.75, 3.05) is 26.2 Å². The van der Waals surface area contributed by atoms with E-state index in [1.807, 2.05) is 43.5 Å². The number of amides is 2. The van der Waals surface area contributed by atoms with Crippen LogP contribution < -0.4 is 5.56 Å². The summed E-state index contributed by atoms with van der Waals surface area (Å²) in [6, 6.07) is 8.91. The first-order valence-electron chi connectivity index (χ1n) is 10.1. The van der Waals surface area contributed by atoms with Crippen molar-refractivity contribution in [2.45, 2.75) is 32.8 Å². The molecule has 0 spiro atoms. The maximum Gasteiger partial charge on any atom is 0.410 e. The fourth-order valence-electron chi connectivity index (χ4n) is 3.75. The van der Waals surface area contributed by atoms with E-state index in [0.29, 0.717) is 49.2 Å². The molecule has 1 aliphatic rings. The van der Waals surface area contributed by atoms with Crippen LogP contribution in [0.3, 0.4) is 0 Å². The van der Waals surface area contributed by atoms with Crippen LogP contribution in [0.25, 0.3) is 16.6 Å². The predicted octanol–water partition coefficient (Wildman–Crippen LogP) is 2.86. The Kier molecular flexibility index (Phi) is 5.01. The molecule has 0 aliphatic carbocycles. The number of aromatic amines is 1. The highest BCUT2D eigenvalue weighted by molar-refractivity contribution is 5.97. The number of carbonyl (C=O) groups is 2. The molecule has 0 atom stereocenters. The Morgan fingerprint density at radius 2 is 1.73 bits per heavy atom. The normalized spacial score (nSPS) is 15.4. The number of aromatic nitrogens is 2. The third-order valence-electron chi connectivity index (χ3n) is 5.17. The molecule has 1 aromatic carbocycles. The van der Waals surface area contributed by atoms with Crippen LogP contribution in [-0.4, -0.2) is 63.0 Å². The van der Waals surface area contributed by atoms with Crippen molar-refractivity contribution in [1.82, 2.24) is 19.2 Å². The zero-order chi connectivity index (χ0) is 21.5. The second kappa shape index (κ2) is 7.51. The lowest BCUT2D eigenvalue weighted by Crippen LogP contribution is -2.40. The number of nitrogens with zero attached hydrogens (tertiary/aromatic N) is 3. The van der Waals surface area contributed by atoms with Crippen LogP contribution in [0.2, 0.25) is 0 Å². The summed E-state index contributed by atoms with van der Waals surface area (Å²) in [7, 11) is 0. The summed E-state index contributed by atoms with van der Waals surface area (Å²) < 4.78 is 7.26. The molecule has 158 valence electrons. The topological polar surface area (TPSA) is 87.1 Å². The molecule has 1 N–H and O–H groups in total. The molecular weight excluding hydrogens is 384 g/mol. The van der Waals surface area contributed by atoms with Crippen LogP contribution in [0.1, 0.15) is 37.6 Å². The number of H-pyrrole nitrogens is 1. The van der Waals surface area contributed by atoms with E-state index in [-0.39, 0.29) is 17.6 Å². The van der Waals surface area contributed by atoms with Gasteiger partial charge in [-0.3, -0.25) is 9.59 Å². The van der Waals surface area contributed by atoms with Gasteiger partial charge in [0.05, 0.1) is 11.0 Å². The fraction of sp³-hybridized carbons (Fsp3) is 0.409. The Bertz CT molecular complexity index is 1170. The summed E-state index contributed by atoms with van der Waals surface area (Å²) in [6.45, 7) is 7.48. The minimum absolute atomic E-state index is 0.114. The van der Waals surface area contributed by atoms with Crippen LogP contribution in [-0.2, 0) is 4.74 Å². The fourth-order valence-corrected chi connectivity index (χ4v) is 3.75. The molecular formula is C22H26N4O4. The van der Waals surface area contributed by atoms with E-state index in [9.17, 15) is 14.4 Å². The standard InChI is InChI=1S/C22H26N4O4/c1-22(2,3)30-21(29)25-10-5-9-24(12-13-25)20(28)15-7-8-17-16(14-15)23-19(27)18-6-4-11-26(17)18/h4,6-8,11,14H,5,9-10,12-13H2,1-3H3,(H,23,27). The van der Waals surface area contributed by atoms with E-state index >= 15 is 0 Å². The summed E-state index contributed by atoms with van der Waals surface area (Å²) in [5, 5.41) is 0. The van der Waals surface area contributed by atoms with Gasteiger partial charge in [0.1, 0.15) is 11.1 Å². The molecule has 3 aromatic rings. The summed E-state index contributed by atoms with van der Waals surface area (Å²) in [6.07, 6.45) is 2.16. The molecule has 2 amide bonds. The average molecular weight is 410 g/mol. The van der Waals surface area contributed by atoms with E-state index in [4.69, 9.17) is 4.74 Å². The number of rotatable bonds is 1. The van der Waals surface area contributed by atoms with Gasteiger partial charge in [-0.25, -0.2) is 4.79 Å². The van der Waals surface area contributed by atoms with Gasteiger partial charge in [0.25, 0.3) is 11.5 Å². The first-order valence-corrected chi connectivity index (χ1v) is 10.1. The SMILES string of the molecule is CC(C)(C)OC(=O)N1CCCN(C(=O)c2ccc3c(c2)[nH]c(=O)c2cccn23)CC1. The Hall–Kier alpha value is -3.29. The summed E-state index contributed by atoms with van der Waals surface area (Å²) in [5.74, 6) is -0.114. The van der Waals surface area contributed by atoms with Crippen LogP contribution in [0.15, 0.2) is 41.3 Å². The minimum Gasteiger partial charge on any atom is -0.444 e. The first kappa shape index (κ1) is 20.0. The first-order chi connectivity index (χ1) is 14.2. The van der Waals surface area contributed by atoms with Gasteiger partial charge in [-0.15, -0.1) is 0 Å². The number of benzene rings is 1.